The molecule has 7 nitrogen and oxygen atoms in total. The van der Waals surface area contributed by atoms with Crippen molar-refractivity contribution in [2.45, 2.75) is 58.4 Å². The standard InChI is InChI=1S/C19H30N4O3/c1-3-23(15-6-4-5-7-15)17(24)9-8-16-14(2)20-19(21-18(16)25)22-10-12-26-13-11-22/h15H,3-13H2,1-2H3,(H,20,21,25). The summed E-state index contributed by atoms with van der Waals surface area (Å²) in [5, 5.41) is 0. The largest absolute Gasteiger partial charge is 0.378 e. The Morgan fingerprint density at radius 1 is 1.31 bits per heavy atom. The maximum Gasteiger partial charge on any atom is 0.255 e. The number of anilines is 1. The van der Waals surface area contributed by atoms with Crippen molar-refractivity contribution in [1.29, 1.82) is 0 Å². The molecule has 3 rings (SSSR count). The van der Waals surface area contributed by atoms with Gasteiger partial charge in [-0.15, -0.1) is 0 Å². The first-order chi connectivity index (χ1) is 12.6. The maximum atomic E-state index is 12.6. The van der Waals surface area contributed by atoms with E-state index in [1.54, 1.807) is 0 Å². The molecule has 0 unspecified atom stereocenters. The molecule has 2 fully saturated rings. The molecule has 1 aliphatic heterocycles. The summed E-state index contributed by atoms with van der Waals surface area (Å²) in [4.78, 5) is 36.7. The third kappa shape index (κ3) is 4.26. The lowest BCUT2D eigenvalue weighted by Gasteiger charge is -2.28. The minimum absolute atomic E-state index is 0.129. The van der Waals surface area contributed by atoms with Gasteiger partial charge in [-0.1, -0.05) is 12.8 Å². The van der Waals surface area contributed by atoms with E-state index in [1.807, 2.05) is 23.6 Å². The predicted molar refractivity (Wildman–Crippen MR) is 101 cm³/mol. The molecule has 1 amide bonds. The number of aromatic nitrogens is 2. The molecule has 0 aromatic carbocycles. The Morgan fingerprint density at radius 3 is 2.62 bits per heavy atom. The highest BCUT2D eigenvalue weighted by Crippen LogP contribution is 2.24. The Labute approximate surface area is 154 Å². The molecule has 0 radical (unpaired) electrons. The van der Waals surface area contributed by atoms with Crippen molar-refractivity contribution >= 4 is 11.9 Å². The molecule has 0 atom stereocenters. The molecule has 0 bridgehead atoms. The summed E-state index contributed by atoms with van der Waals surface area (Å²) in [5.41, 5.74) is 1.21. The Balaban J connectivity index is 1.65. The first kappa shape index (κ1) is 18.9. The van der Waals surface area contributed by atoms with Gasteiger partial charge in [-0.3, -0.25) is 14.6 Å². The molecule has 7 heteroatoms. The number of hydrogen-bond donors (Lipinski definition) is 1. The molecule has 1 saturated carbocycles. The highest BCUT2D eigenvalue weighted by molar-refractivity contribution is 5.76. The number of nitrogens with one attached hydrogen (secondary N) is 1. The summed E-state index contributed by atoms with van der Waals surface area (Å²) in [6.45, 7) is 7.38. The van der Waals surface area contributed by atoms with E-state index in [0.29, 0.717) is 49.3 Å². The van der Waals surface area contributed by atoms with Crippen LogP contribution in [0.15, 0.2) is 4.79 Å². The number of aryl methyl sites for hydroxylation is 1. The summed E-state index contributed by atoms with van der Waals surface area (Å²) < 4.78 is 5.34. The van der Waals surface area contributed by atoms with Gasteiger partial charge in [0.15, 0.2) is 0 Å². The molecule has 1 N–H and O–H groups in total. The van der Waals surface area contributed by atoms with Crippen LogP contribution in [0.25, 0.3) is 0 Å². The Morgan fingerprint density at radius 2 is 2.00 bits per heavy atom. The van der Waals surface area contributed by atoms with Crippen LogP contribution in [-0.4, -0.2) is 59.7 Å². The Hall–Kier alpha value is -1.89. The van der Waals surface area contributed by atoms with Crippen molar-refractivity contribution in [3.05, 3.63) is 21.6 Å². The number of H-pyrrole nitrogens is 1. The molecule has 26 heavy (non-hydrogen) atoms. The van der Waals surface area contributed by atoms with Crippen molar-refractivity contribution in [1.82, 2.24) is 14.9 Å². The van der Waals surface area contributed by atoms with Gasteiger partial charge >= 0.3 is 0 Å². The molecule has 2 heterocycles. The molecule has 1 aromatic rings. The van der Waals surface area contributed by atoms with Crippen LogP contribution >= 0.6 is 0 Å². The number of nitrogens with zero attached hydrogens (tertiary/aromatic N) is 3. The Bertz CT molecular complexity index is 676. The first-order valence-corrected chi connectivity index (χ1v) is 9.82. The minimum Gasteiger partial charge on any atom is -0.378 e. The summed E-state index contributed by atoms with van der Waals surface area (Å²) in [7, 11) is 0. The SMILES string of the molecule is CCN(C(=O)CCc1c(C)nc(N2CCOCC2)[nH]c1=O)C1CCCC1. The van der Waals surface area contributed by atoms with Gasteiger partial charge in [-0.2, -0.15) is 0 Å². The van der Waals surface area contributed by atoms with E-state index in [0.717, 1.165) is 32.5 Å². The number of carbonyl (C=O) groups excluding carboxylic acids is 1. The fraction of sp³-hybridized carbons (Fsp3) is 0.737. The number of hydrogen-bond acceptors (Lipinski definition) is 5. The number of rotatable bonds is 6. The van der Waals surface area contributed by atoms with Crippen LogP contribution in [0.1, 0.15) is 50.3 Å². The first-order valence-electron chi connectivity index (χ1n) is 9.82. The average Bonchev–Trinajstić information content (AvgIpc) is 3.16. The smallest absolute Gasteiger partial charge is 0.255 e. The Kier molecular flexibility index (Phi) is 6.29. The summed E-state index contributed by atoms with van der Waals surface area (Å²) in [5.74, 6) is 0.752. The number of morpholine rings is 1. The molecule has 0 spiro atoms. The van der Waals surface area contributed by atoms with E-state index in [9.17, 15) is 9.59 Å². The van der Waals surface area contributed by atoms with Gasteiger partial charge in [0, 0.05) is 43.4 Å². The van der Waals surface area contributed by atoms with Crippen LogP contribution in [0.4, 0.5) is 5.95 Å². The zero-order valence-corrected chi connectivity index (χ0v) is 15.9. The monoisotopic (exact) mass is 362 g/mol. The van der Waals surface area contributed by atoms with Crippen LogP contribution in [0.3, 0.4) is 0 Å². The van der Waals surface area contributed by atoms with Gasteiger partial charge in [0.05, 0.1) is 13.2 Å². The van der Waals surface area contributed by atoms with Crippen molar-refractivity contribution in [3.63, 3.8) is 0 Å². The van der Waals surface area contributed by atoms with Crippen LogP contribution < -0.4 is 10.5 Å². The van der Waals surface area contributed by atoms with Crippen molar-refractivity contribution in [2.75, 3.05) is 37.7 Å². The zero-order valence-electron chi connectivity index (χ0n) is 15.9. The van der Waals surface area contributed by atoms with Gasteiger partial charge in [0.25, 0.3) is 5.56 Å². The maximum absolute atomic E-state index is 12.6. The van der Waals surface area contributed by atoms with E-state index < -0.39 is 0 Å². The second kappa shape index (κ2) is 8.66. The molecule has 144 valence electrons. The normalized spacial score (nSPS) is 18.3. The van der Waals surface area contributed by atoms with Gasteiger partial charge in [0.1, 0.15) is 0 Å². The second-order valence-electron chi connectivity index (χ2n) is 7.17. The number of aromatic amines is 1. The van der Waals surface area contributed by atoms with E-state index in [2.05, 4.69) is 9.97 Å². The third-order valence-corrected chi connectivity index (χ3v) is 5.54. The fourth-order valence-corrected chi connectivity index (χ4v) is 4.04. The topological polar surface area (TPSA) is 78.5 Å². The third-order valence-electron chi connectivity index (χ3n) is 5.54. The molecule has 1 aliphatic carbocycles. The zero-order chi connectivity index (χ0) is 18.5. The number of carbonyl (C=O) groups is 1. The van der Waals surface area contributed by atoms with Crippen LogP contribution in [0, 0.1) is 6.92 Å². The molecular weight excluding hydrogens is 332 g/mol. The molecule has 1 saturated heterocycles. The van der Waals surface area contributed by atoms with Gasteiger partial charge in [0.2, 0.25) is 11.9 Å². The van der Waals surface area contributed by atoms with Crippen LogP contribution in [0.2, 0.25) is 0 Å². The lowest BCUT2D eigenvalue weighted by Crippen LogP contribution is -2.39. The van der Waals surface area contributed by atoms with Crippen molar-refractivity contribution < 1.29 is 9.53 Å². The molecular formula is C19H30N4O3. The van der Waals surface area contributed by atoms with Crippen molar-refractivity contribution in [3.8, 4) is 0 Å². The number of ether oxygens (including phenoxy) is 1. The summed E-state index contributed by atoms with van der Waals surface area (Å²) in [6.07, 6.45) is 5.44. The number of amides is 1. The second-order valence-corrected chi connectivity index (χ2v) is 7.17. The predicted octanol–water partition coefficient (Wildman–Crippen LogP) is 1.64. The van der Waals surface area contributed by atoms with Crippen LogP contribution in [0.5, 0.6) is 0 Å². The minimum atomic E-state index is -0.129. The summed E-state index contributed by atoms with van der Waals surface area (Å²) >= 11 is 0. The van der Waals surface area contributed by atoms with Crippen molar-refractivity contribution in [2.24, 2.45) is 0 Å². The van der Waals surface area contributed by atoms with E-state index >= 15 is 0 Å². The van der Waals surface area contributed by atoms with Gasteiger partial charge < -0.3 is 14.5 Å². The fourth-order valence-electron chi connectivity index (χ4n) is 4.04. The quantitative estimate of drug-likeness (QED) is 0.832. The van der Waals surface area contributed by atoms with E-state index in [1.165, 1.54) is 12.8 Å². The van der Waals surface area contributed by atoms with Gasteiger partial charge in [-0.05, 0) is 33.1 Å². The highest BCUT2D eigenvalue weighted by Gasteiger charge is 2.25. The van der Waals surface area contributed by atoms with Crippen LogP contribution in [-0.2, 0) is 16.0 Å². The van der Waals surface area contributed by atoms with E-state index in [-0.39, 0.29) is 11.5 Å². The molecule has 1 aromatic heterocycles. The molecule has 2 aliphatic rings. The average molecular weight is 362 g/mol. The highest BCUT2D eigenvalue weighted by atomic mass is 16.5. The van der Waals surface area contributed by atoms with E-state index in [4.69, 9.17) is 4.74 Å². The lowest BCUT2D eigenvalue weighted by molar-refractivity contribution is -0.133. The van der Waals surface area contributed by atoms with Gasteiger partial charge in [-0.25, -0.2) is 4.98 Å². The summed E-state index contributed by atoms with van der Waals surface area (Å²) in [6, 6.07) is 0.383. The lowest BCUT2D eigenvalue weighted by atomic mass is 10.1.